The van der Waals surface area contributed by atoms with Crippen LogP contribution in [-0.2, 0) is 9.53 Å². The van der Waals surface area contributed by atoms with Crippen molar-refractivity contribution in [1.29, 1.82) is 0 Å². The molecule has 0 aromatic heterocycles. The van der Waals surface area contributed by atoms with E-state index >= 15 is 0 Å². The van der Waals surface area contributed by atoms with Gasteiger partial charge in [-0.15, -0.1) is 0 Å². The highest BCUT2D eigenvalue weighted by Gasteiger charge is 2.17. The molecule has 0 bridgehead atoms. The van der Waals surface area contributed by atoms with Gasteiger partial charge in [0.2, 0.25) is 5.91 Å². The zero-order valence-corrected chi connectivity index (χ0v) is 14.2. The summed E-state index contributed by atoms with van der Waals surface area (Å²) in [5.41, 5.74) is 1.82. The van der Waals surface area contributed by atoms with Crippen LogP contribution in [0.15, 0.2) is 24.3 Å². The summed E-state index contributed by atoms with van der Waals surface area (Å²) in [4.78, 5) is 26.0. The summed E-state index contributed by atoms with van der Waals surface area (Å²) in [7, 11) is 1.83. The normalized spacial score (nSPS) is 15.4. The summed E-state index contributed by atoms with van der Waals surface area (Å²) in [6.07, 6.45) is 3.78. The fourth-order valence-electron chi connectivity index (χ4n) is 2.83. The molecule has 0 atom stereocenters. The van der Waals surface area contributed by atoms with Gasteiger partial charge in [-0.3, -0.25) is 9.59 Å². The molecule has 1 aliphatic rings. The van der Waals surface area contributed by atoms with Crippen LogP contribution in [0.1, 0.15) is 48.0 Å². The fourth-order valence-corrected chi connectivity index (χ4v) is 2.83. The molecule has 1 fully saturated rings. The molecule has 4 nitrogen and oxygen atoms in total. The van der Waals surface area contributed by atoms with E-state index in [-0.39, 0.29) is 24.5 Å². The molecule has 0 spiro atoms. The molecule has 1 aromatic carbocycles. The van der Waals surface area contributed by atoms with Gasteiger partial charge in [0.25, 0.3) is 0 Å². The first kappa shape index (κ1) is 17.7. The van der Waals surface area contributed by atoms with Gasteiger partial charge in [-0.05, 0) is 32.1 Å². The van der Waals surface area contributed by atoms with Gasteiger partial charge in [0.05, 0.1) is 0 Å². The zero-order valence-electron chi connectivity index (χ0n) is 14.2. The molecule has 23 heavy (non-hydrogen) atoms. The SMILES string of the molecule is Cc1ccc(C(=O)CCC(=O)N(C)CCC2CCOCC2)cc1. The van der Waals surface area contributed by atoms with Crippen molar-refractivity contribution in [3.63, 3.8) is 0 Å². The third kappa shape index (κ3) is 5.79. The summed E-state index contributed by atoms with van der Waals surface area (Å²) in [6, 6.07) is 7.51. The van der Waals surface area contributed by atoms with Gasteiger partial charge in [0, 0.05) is 45.2 Å². The third-order valence-corrected chi connectivity index (χ3v) is 4.58. The highest BCUT2D eigenvalue weighted by atomic mass is 16.5. The minimum absolute atomic E-state index is 0.0381. The number of carbonyl (C=O) groups is 2. The first-order valence-electron chi connectivity index (χ1n) is 8.48. The van der Waals surface area contributed by atoms with Crippen LogP contribution in [0.25, 0.3) is 0 Å². The molecule has 0 aliphatic carbocycles. The van der Waals surface area contributed by atoms with E-state index in [0.29, 0.717) is 11.5 Å². The van der Waals surface area contributed by atoms with Crippen LogP contribution in [0.2, 0.25) is 0 Å². The second-order valence-corrected chi connectivity index (χ2v) is 6.45. The van der Waals surface area contributed by atoms with E-state index in [1.807, 2.05) is 38.2 Å². The number of benzene rings is 1. The van der Waals surface area contributed by atoms with E-state index in [9.17, 15) is 9.59 Å². The first-order chi connectivity index (χ1) is 11.1. The number of rotatable bonds is 7. The Hall–Kier alpha value is -1.68. The largest absolute Gasteiger partial charge is 0.381 e. The Morgan fingerprint density at radius 3 is 2.43 bits per heavy atom. The zero-order chi connectivity index (χ0) is 16.7. The number of hydrogen-bond donors (Lipinski definition) is 0. The molecule has 1 aliphatic heterocycles. The van der Waals surface area contributed by atoms with E-state index in [2.05, 4.69) is 0 Å². The lowest BCUT2D eigenvalue weighted by atomic mass is 9.96. The van der Waals surface area contributed by atoms with E-state index in [1.165, 1.54) is 0 Å². The van der Waals surface area contributed by atoms with Crippen LogP contribution in [0.5, 0.6) is 0 Å². The van der Waals surface area contributed by atoms with E-state index in [0.717, 1.165) is 44.6 Å². The first-order valence-corrected chi connectivity index (χ1v) is 8.48. The Kier molecular flexibility index (Phi) is 6.78. The van der Waals surface area contributed by atoms with Crippen LogP contribution in [0.4, 0.5) is 0 Å². The fraction of sp³-hybridized carbons (Fsp3) is 0.579. The van der Waals surface area contributed by atoms with Crippen molar-refractivity contribution in [1.82, 2.24) is 4.90 Å². The molecular weight excluding hydrogens is 290 g/mol. The summed E-state index contributed by atoms with van der Waals surface area (Å²) < 4.78 is 5.35. The predicted octanol–water partition coefficient (Wildman–Crippen LogP) is 3.23. The molecule has 1 aromatic rings. The van der Waals surface area contributed by atoms with Gasteiger partial charge in [-0.25, -0.2) is 0 Å². The quantitative estimate of drug-likeness (QED) is 0.725. The lowest BCUT2D eigenvalue weighted by molar-refractivity contribution is -0.130. The van der Waals surface area contributed by atoms with Crippen molar-refractivity contribution in [2.75, 3.05) is 26.8 Å². The van der Waals surface area contributed by atoms with Crippen molar-refractivity contribution in [2.24, 2.45) is 5.92 Å². The molecule has 0 unspecified atom stereocenters. The number of ketones is 1. The average molecular weight is 317 g/mol. The maximum absolute atomic E-state index is 12.2. The van der Waals surface area contributed by atoms with Gasteiger partial charge < -0.3 is 9.64 Å². The number of amides is 1. The minimum atomic E-state index is 0.0381. The van der Waals surface area contributed by atoms with Crippen LogP contribution in [-0.4, -0.2) is 43.4 Å². The van der Waals surface area contributed by atoms with Gasteiger partial charge in [-0.1, -0.05) is 29.8 Å². The molecule has 1 heterocycles. The third-order valence-electron chi connectivity index (χ3n) is 4.58. The van der Waals surface area contributed by atoms with Crippen molar-refractivity contribution in [3.8, 4) is 0 Å². The molecule has 1 amide bonds. The van der Waals surface area contributed by atoms with Gasteiger partial charge in [0.15, 0.2) is 5.78 Å². The van der Waals surface area contributed by atoms with Crippen LogP contribution in [0.3, 0.4) is 0 Å². The molecule has 126 valence electrons. The summed E-state index contributed by atoms with van der Waals surface area (Å²) in [6.45, 7) is 4.44. The van der Waals surface area contributed by atoms with Crippen LogP contribution >= 0.6 is 0 Å². The maximum Gasteiger partial charge on any atom is 0.222 e. The van der Waals surface area contributed by atoms with Gasteiger partial charge in [0.1, 0.15) is 0 Å². The summed E-state index contributed by atoms with van der Waals surface area (Å²) in [5.74, 6) is 0.752. The Morgan fingerprint density at radius 2 is 1.78 bits per heavy atom. The second kappa shape index (κ2) is 8.82. The number of ether oxygens (including phenoxy) is 1. The predicted molar refractivity (Wildman–Crippen MR) is 90.5 cm³/mol. The van der Waals surface area contributed by atoms with E-state index < -0.39 is 0 Å². The average Bonchev–Trinajstić information content (AvgIpc) is 2.58. The van der Waals surface area contributed by atoms with Crippen LogP contribution in [0, 0.1) is 12.8 Å². The maximum atomic E-state index is 12.2. The van der Waals surface area contributed by atoms with Crippen molar-refractivity contribution < 1.29 is 14.3 Å². The van der Waals surface area contributed by atoms with E-state index in [4.69, 9.17) is 4.74 Å². The second-order valence-electron chi connectivity index (χ2n) is 6.45. The van der Waals surface area contributed by atoms with E-state index in [1.54, 1.807) is 4.90 Å². The van der Waals surface area contributed by atoms with Gasteiger partial charge >= 0.3 is 0 Å². The highest BCUT2D eigenvalue weighted by Crippen LogP contribution is 2.18. The molecule has 0 saturated carbocycles. The molecule has 2 rings (SSSR count). The Bertz CT molecular complexity index is 518. The lowest BCUT2D eigenvalue weighted by Crippen LogP contribution is -2.30. The number of hydrogen-bond acceptors (Lipinski definition) is 3. The summed E-state index contributed by atoms with van der Waals surface area (Å²) >= 11 is 0. The molecular formula is C19H27NO3. The lowest BCUT2D eigenvalue weighted by Gasteiger charge is -2.24. The van der Waals surface area contributed by atoms with Crippen molar-refractivity contribution in [2.45, 2.75) is 39.0 Å². The molecule has 4 heteroatoms. The van der Waals surface area contributed by atoms with Crippen molar-refractivity contribution in [3.05, 3.63) is 35.4 Å². The number of nitrogens with zero attached hydrogens (tertiary/aromatic N) is 1. The smallest absolute Gasteiger partial charge is 0.222 e. The number of carbonyl (C=O) groups excluding carboxylic acids is 2. The standard InChI is InChI=1S/C19H27NO3/c1-15-3-5-17(6-4-15)18(21)7-8-19(22)20(2)12-9-16-10-13-23-14-11-16/h3-6,16H,7-14H2,1-2H3. The summed E-state index contributed by atoms with van der Waals surface area (Å²) in [5, 5.41) is 0. The molecule has 0 N–H and O–H groups in total. The Balaban J connectivity index is 1.70. The highest BCUT2D eigenvalue weighted by molar-refractivity contribution is 5.97. The topological polar surface area (TPSA) is 46.6 Å². The van der Waals surface area contributed by atoms with Gasteiger partial charge in [-0.2, -0.15) is 0 Å². The Labute approximate surface area is 138 Å². The van der Waals surface area contributed by atoms with Crippen molar-refractivity contribution >= 4 is 11.7 Å². The monoisotopic (exact) mass is 317 g/mol. The number of aryl methyl sites for hydroxylation is 1. The molecule has 0 radical (unpaired) electrons. The minimum Gasteiger partial charge on any atom is -0.381 e. The van der Waals surface area contributed by atoms with Crippen LogP contribution < -0.4 is 0 Å². The Morgan fingerprint density at radius 1 is 1.13 bits per heavy atom. The molecule has 1 saturated heterocycles. The number of Topliss-reactive ketones (excluding diaryl/α,β-unsaturated/α-hetero) is 1.